The Morgan fingerprint density at radius 1 is 1.03 bits per heavy atom. The van der Waals surface area contributed by atoms with Crippen LogP contribution in [0.5, 0.6) is 0 Å². The molecule has 4 rings (SSSR count). The molecule has 0 aliphatic carbocycles. The van der Waals surface area contributed by atoms with E-state index in [1.54, 1.807) is 25.4 Å². The van der Waals surface area contributed by atoms with E-state index >= 15 is 0 Å². The van der Waals surface area contributed by atoms with E-state index in [9.17, 15) is 9.59 Å². The normalized spacial score (nSPS) is 11.0. The number of carbonyl (C=O) groups is 2. The van der Waals surface area contributed by atoms with Gasteiger partial charge in [0, 0.05) is 36.9 Å². The zero-order chi connectivity index (χ0) is 22.3. The minimum absolute atomic E-state index is 0.148. The molecule has 0 atom stereocenters. The lowest BCUT2D eigenvalue weighted by Gasteiger charge is -2.08. The summed E-state index contributed by atoms with van der Waals surface area (Å²) in [6, 6.07) is 15.4. The Hall–Kier alpha value is -3.84. The molecular formula is C25H22N4O2S. The van der Waals surface area contributed by atoms with Crippen LogP contribution in [-0.4, -0.2) is 26.2 Å². The third kappa shape index (κ3) is 5.65. The fourth-order valence-electron chi connectivity index (χ4n) is 3.24. The first-order valence-corrected chi connectivity index (χ1v) is 11.0. The van der Waals surface area contributed by atoms with Crippen LogP contribution in [0.2, 0.25) is 0 Å². The van der Waals surface area contributed by atoms with Gasteiger partial charge < -0.3 is 4.57 Å². The molecule has 0 bridgehead atoms. The summed E-state index contributed by atoms with van der Waals surface area (Å²) in [7, 11) is 0. The maximum Gasteiger partial charge on any atom is 0.274 e. The SMILES string of the molecule is CC(=O)Cc1ccc(/C=C/c2csc(NC(=O)c3cccn3Cc3ccncc3)n2)cc1. The van der Waals surface area contributed by atoms with Crippen LogP contribution in [0, 0.1) is 0 Å². The van der Waals surface area contributed by atoms with Crippen molar-refractivity contribution in [3.05, 3.63) is 101 Å². The number of pyridine rings is 1. The Kier molecular flexibility index (Phi) is 6.67. The van der Waals surface area contributed by atoms with Gasteiger partial charge in [0.15, 0.2) is 5.13 Å². The molecule has 0 aliphatic heterocycles. The number of hydrogen-bond donors (Lipinski definition) is 1. The maximum absolute atomic E-state index is 12.8. The highest BCUT2D eigenvalue weighted by Crippen LogP contribution is 2.19. The molecule has 32 heavy (non-hydrogen) atoms. The van der Waals surface area contributed by atoms with Gasteiger partial charge in [-0.1, -0.05) is 30.3 Å². The molecule has 0 saturated carbocycles. The van der Waals surface area contributed by atoms with Crippen molar-refractivity contribution < 1.29 is 9.59 Å². The van der Waals surface area contributed by atoms with E-state index in [0.29, 0.717) is 23.8 Å². The Bertz CT molecular complexity index is 1240. The lowest BCUT2D eigenvalue weighted by molar-refractivity contribution is -0.116. The first-order chi connectivity index (χ1) is 15.6. The van der Waals surface area contributed by atoms with Crippen molar-refractivity contribution in [2.45, 2.75) is 19.9 Å². The van der Waals surface area contributed by atoms with E-state index in [4.69, 9.17) is 0 Å². The predicted molar refractivity (Wildman–Crippen MR) is 128 cm³/mol. The zero-order valence-corrected chi connectivity index (χ0v) is 18.4. The minimum atomic E-state index is -0.199. The lowest BCUT2D eigenvalue weighted by Crippen LogP contribution is -2.17. The van der Waals surface area contributed by atoms with Crippen LogP contribution in [0.15, 0.2) is 72.5 Å². The lowest BCUT2D eigenvalue weighted by atomic mass is 10.1. The van der Waals surface area contributed by atoms with E-state index in [1.807, 2.05) is 70.8 Å². The second-order valence-corrected chi connectivity index (χ2v) is 8.22. The molecule has 0 fully saturated rings. The van der Waals surface area contributed by atoms with Crippen molar-refractivity contribution in [3.8, 4) is 0 Å². The first-order valence-electron chi connectivity index (χ1n) is 10.1. The molecular weight excluding hydrogens is 420 g/mol. The third-order valence-corrected chi connectivity index (χ3v) is 5.56. The quantitative estimate of drug-likeness (QED) is 0.419. The molecule has 4 aromatic rings. The largest absolute Gasteiger partial charge is 0.339 e. The van der Waals surface area contributed by atoms with Crippen LogP contribution in [0.3, 0.4) is 0 Å². The second kappa shape index (κ2) is 9.98. The Labute approximate surface area is 190 Å². The molecule has 0 radical (unpaired) electrons. The molecule has 0 saturated heterocycles. The molecule has 1 amide bonds. The number of thiazole rings is 1. The van der Waals surface area contributed by atoms with Gasteiger partial charge >= 0.3 is 0 Å². The minimum Gasteiger partial charge on any atom is -0.339 e. The fraction of sp³-hybridized carbons (Fsp3) is 0.120. The summed E-state index contributed by atoms with van der Waals surface area (Å²) in [5.74, 6) is -0.0510. The van der Waals surface area contributed by atoms with Crippen molar-refractivity contribution >= 4 is 40.3 Å². The van der Waals surface area contributed by atoms with E-state index in [1.165, 1.54) is 11.3 Å². The van der Waals surface area contributed by atoms with Crippen molar-refractivity contribution in [2.75, 3.05) is 5.32 Å². The molecule has 6 nitrogen and oxygen atoms in total. The van der Waals surface area contributed by atoms with Crippen molar-refractivity contribution in [2.24, 2.45) is 0 Å². The number of carbonyl (C=O) groups excluding carboxylic acids is 2. The summed E-state index contributed by atoms with van der Waals surface area (Å²) in [6.07, 6.45) is 9.67. The van der Waals surface area contributed by atoms with Gasteiger partial charge in [0.05, 0.1) is 5.69 Å². The molecule has 0 aliphatic rings. The summed E-state index contributed by atoms with van der Waals surface area (Å²) in [5.41, 5.74) is 4.43. The average Bonchev–Trinajstić information content (AvgIpc) is 3.43. The number of anilines is 1. The van der Waals surface area contributed by atoms with E-state index < -0.39 is 0 Å². The number of Topliss-reactive ketones (excluding diaryl/α,β-unsaturated/α-hetero) is 1. The highest BCUT2D eigenvalue weighted by atomic mass is 32.1. The fourth-order valence-corrected chi connectivity index (χ4v) is 3.91. The van der Waals surface area contributed by atoms with Crippen molar-refractivity contribution in [3.63, 3.8) is 0 Å². The maximum atomic E-state index is 12.8. The van der Waals surface area contributed by atoms with Gasteiger partial charge in [0.2, 0.25) is 0 Å². The van der Waals surface area contributed by atoms with Gasteiger partial charge in [-0.05, 0) is 54.0 Å². The zero-order valence-electron chi connectivity index (χ0n) is 17.6. The Morgan fingerprint density at radius 2 is 1.81 bits per heavy atom. The molecule has 0 unspecified atom stereocenters. The number of hydrogen-bond acceptors (Lipinski definition) is 5. The number of ketones is 1. The number of rotatable bonds is 8. The van der Waals surface area contributed by atoms with Gasteiger partial charge in [0.25, 0.3) is 5.91 Å². The molecule has 7 heteroatoms. The summed E-state index contributed by atoms with van der Waals surface area (Å²) in [5, 5.41) is 5.32. The number of amides is 1. The van der Waals surface area contributed by atoms with Crippen molar-refractivity contribution in [1.82, 2.24) is 14.5 Å². The first kappa shape index (κ1) is 21.4. The summed E-state index contributed by atoms with van der Waals surface area (Å²) in [4.78, 5) is 32.5. The van der Waals surface area contributed by atoms with Crippen LogP contribution in [0.25, 0.3) is 12.2 Å². The molecule has 3 heterocycles. The Morgan fingerprint density at radius 3 is 2.56 bits per heavy atom. The molecule has 0 spiro atoms. The summed E-state index contributed by atoms with van der Waals surface area (Å²) in [6.45, 7) is 2.18. The number of aromatic nitrogens is 3. The summed E-state index contributed by atoms with van der Waals surface area (Å²) >= 11 is 1.38. The number of benzene rings is 1. The van der Waals surface area contributed by atoms with Gasteiger partial charge in [0.1, 0.15) is 11.5 Å². The highest BCUT2D eigenvalue weighted by molar-refractivity contribution is 7.14. The van der Waals surface area contributed by atoms with Crippen LogP contribution in [0.4, 0.5) is 5.13 Å². The third-order valence-electron chi connectivity index (χ3n) is 4.79. The Balaban J connectivity index is 1.38. The van der Waals surface area contributed by atoms with Crippen molar-refractivity contribution in [1.29, 1.82) is 0 Å². The smallest absolute Gasteiger partial charge is 0.274 e. The monoisotopic (exact) mass is 442 g/mol. The van der Waals surface area contributed by atoms with Crippen LogP contribution in [-0.2, 0) is 17.8 Å². The topological polar surface area (TPSA) is 76.9 Å². The van der Waals surface area contributed by atoms with Gasteiger partial charge in [-0.15, -0.1) is 11.3 Å². The van der Waals surface area contributed by atoms with Gasteiger partial charge in [-0.2, -0.15) is 0 Å². The number of nitrogens with zero attached hydrogens (tertiary/aromatic N) is 3. The molecule has 1 aromatic carbocycles. The van der Waals surface area contributed by atoms with Gasteiger partial charge in [-0.3, -0.25) is 19.9 Å². The van der Waals surface area contributed by atoms with E-state index in [0.717, 1.165) is 22.4 Å². The van der Waals surface area contributed by atoms with E-state index in [2.05, 4.69) is 15.3 Å². The van der Waals surface area contributed by atoms with Crippen LogP contribution >= 0.6 is 11.3 Å². The summed E-state index contributed by atoms with van der Waals surface area (Å²) < 4.78 is 1.90. The van der Waals surface area contributed by atoms with Crippen LogP contribution in [0.1, 0.15) is 39.8 Å². The molecule has 3 aromatic heterocycles. The van der Waals surface area contributed by atoms with Gasteiger partial charge in [-0.25, -0.2) is 4.98 Å². The van der Waals surface area contributed by atoms with Crippen LogP contribution < -0.4 is 5.32 Å². The standard InChI is InChI=1S/C25H22N4O2S/c1-18(30)15-20-6-4-19(5-7-20)8-9-22-17-32-25(27-22)28-24(31)23-3-2-14-29(23)16-21-10-12-26-13-11-21/h2-14,17H,15-16H2,1H3,(H,27,28,31)/b9-8+. The molecule has 1 N–H and O–H groups in total. The number of nitrogens with one attached hydrogen (secondary N) is 1. The second-order valence-electron chi connectivity index (χ2n) is 7.36. The predicted octanol–water partition coefficient (Wildman–Crippen LogP) is 4.94. The average molecular weight is 443 g/mol. The highest BCUT2D eigenvalue weighted by Gasteiger charge is 2.13. The molecule has 160 valence electrons. The van der Waals surface area contributed by atoms with E-state index in [-0.39, 0.29) is 11.7 Å².